The van der Waals surface area contributed by atoms with Gasteiger partial charge in [0.15, 0.2) is 0 Å². The maximum Gasteiger partial charge on any atom is 0.419 e. The van der Waals surface area contributed by atoms with Crippen LogP contribution in [0.5, 0.6) is 0 Å². The molecule has 0 aliphatic heterocycles. The summed E-state index contributed by atoms with van der Waals surface area (Å²) in [7, 11) is 0. The van der Waals surface area contributed by atoms with Gasteiger partial charge in [-0.1, -0.05) is 36.4 Å². The van der Waals surface area contributed by atoms with Gasteiger partial charge in [0.2, 0.25) is 0 Å². The van der Waals surface area contributed by atoms with Gasteiger partial charge in [-0.2, -0.15) is 47.4 Å². The molecule has 0 aromatic heterocycles. The van der Waals surface area contributed by atoms with Gasteiger partial charge in [-0.25, -0.2) is 8.78 Å². The summed E-state index contributed by atoms with van der Waals surface area (Å²) in [5.41, 5.74) is 1.94. The van der Waals surface area contributed by atoms with Crippen molar-refractivity contribution < 1.29 is 35.1 Å². The van der Waals surface area contributed by atoms with Crippen LogP contribution >= 0.6 is 0 Å². The van der Waals surface area contributed by atoms with E-state index in [9.17, 15) is 56.2 Å². The van der Waals surface area contributed by atoms with E-state index < -0.39 is 46.9 Å². The third-order valence-electron chi connectivity index (χ3n) is 9.35. The van der Waals surface area contributed by atoms with Crippen molar-refractivity contribution in [2.24, 2.45) is 5.92 Å². The summed E-state index contributed by atoms with van der Waals surface area (Å²) in [4.78, 5) is 0. The summed E-state index contributed by atoms with van der Waals surface area (Å²) >= 11 is 0. The highest BCUT2D eigenvalue weighted by molar-refractivity contribution is 6.07. The molecule has 52 heavy (non-hydrogen) atoms. The lowest BCUT2D eigenvalue weighted by molar-refractivity contribution is -0.140. The Labute approximate surface area is 290 Å². The number of fused-ring (bicyclic) bond motifs is 6. The van der Waals surface area contributed by atoms with Crippen LogP contribution in [-0.4, -0.2) is 0 Å². The van der Waals surface area contributed by atoms with Crippen LogP contribution in [0.1, 0.15) is 39.3 Å². The Balaban J connectivity index is 1.40. The lowest BCUT2D eigenvalue weighted by Gasteiger charge is -2.16. The second-order valence-corrected chi connectivity index (χ2v) is 12.1. The van der Waals surface area contributed by atoms with Crippen LogP contribution in [0.4, 0.5) is 35.1 Å². The molecule has 12 heteroatoms. The van der Waals surface area contributed by atoms with Gasteiger partial charge >= 0.3 is 12.4 Å². The first kappa shape index (κ1) is 33.7. The summed E-state index contributed by atoms with van der Waals surface area (Å²) in [5, 5.41) is 40.0. The molecule has 1 unspecified atom stereocenters. The van der Waals surface area contributed by atoms with E-state index >= 15 is 0 Å². The molecule has 0 radical (unpaired) electrons. The molecule has 2 aliphatic carbocycles. The Morgan fingerprint density at radius 1 is 0.500 bits per heavy atom. The molecular weight excluding hydrogens is 688 g/mol. The van der Waals surface area contributed by atoms with Crippen molar-refractivity contribution in [2.45, 2.75) is 18.3 Å². The molecule has 4 nitrogen and oxygen atoms in total. The largest absolute Gasteiger partial charge is 0.419 e. The van der Waals surface area contributed by atoms with Gasteiger partial charge in [-0.05, 0) is 115 Å². The maximum absolute atomic E-state index is 14.5. The molecule has 2 aliphatic rings. The molecule has 0 saturated heterocycles. The average molecular weight is 705 g/mol. The van der Waals surface area contributed by atoms with Crippen LogP contribution < -0.4 is 0 Å². The van der Waals surface area contributed by atoms with E-state index in [1.165, 1.54) is 0 Å². The van der Waals surface area contributed by atoms with E-state index in [1.807, 2.05) is 24.3 Å². The average Bonchev–Trinajstić information content (AvgIpc) is 3.58. The maximum atomic E-state index is 14.5. The second-order valence-electron chi connectivity index (χ2n) is 12.1. The zero-order valence-corrected chi connectivity index (χ0v) is 26.1. The van der Waals surface area contributed by atoms with Crippen molar-refractivity contribution in [3.05, 3.63) is 136 Å². The SMILES string of the molecule is N#CC(C#N)=C1c2cc(-c3ccc(C(F)(F)F)c(F)c3)ccc2-c2cc3c(cc21)-c1ccc(-c2ccc(C(F)(F)F)c(F)c2)cc1C3C(C#N)C#N. The van der Waals surface area contributed by atoms with Gasteiger partial charge in [-0.3, -0.25) is 0 Å². The molecule has 1 atom stereocenters. The number of halogens is 8. The number of alkyl halides is 6. The highest BCUT2D eigenvalue weighted by atomic mass is 19.4. The minimum Gasteiger partial charge on any atom is -0.206 e. The Hall–Kier alpha value is -6.76. The first-order valence-electron chi connectivity index (χ1n) is 15.3. The Kier molecular flexibility index (Phi) is 7.74. The van der Waals surface area contributed by atoms with Crippen molar-refractivity contribution >= 4 is 5.57 Å². The number of allylic oxidation sites excluding steroid dienone is 1. The van der Waals surface area contributed by atoms with E-state index in [1.54, 1.807) is 48.5 Å². The predicted octanol–water partition coefficient (Wildman–Crippen LogP) is 10.9. The topological polar surface area (TPSA) is 95.2 Å². The molecule has 5 aromatic rings. The molecule has 0 bridgehead atoms. The zero-order chi connectivity index (χ0) is 37.3. The van der Waals surface area contributed by atoms with Crippen molar-refractivity contribution in [2.75, 3.05) is 0 Å². The molecule has 0 spiro atoms. The minimum atomic E-state index is -4.90. The molecule has 0 N–H and O–H groups in total. The minimum absolute atomic E-state index is 0.116. The number of hydrogen-bond acceptors (Lipinski definition) is 4. The number of hydrogen-bond donors (Lipinski definition) is 0. The fourth-order valence-corrected chi connectivity index (χ4v) is 7.05. The Morgan fingerprint density at radius 3 is 1.46 bits per heavy atom. The molecule has 7 rings (SSSR count). The first-order chi connectivity index (χ1) is 24.7. The smallest absolute Gasteiger partial charge is 0.206 e. The molecule has 0 fully saturated rings. The van der Waals surface area contributed by atoms with Crippen LogP contribution in [0.3, 0.4) is 0 Å². The van der Waals surface area contributed by atoms with E-state index in [0.717, 1.165) is 24.3 Å². The predicted molar refractivity (Wildman–Crippen MR) is 172 cm³/mol. The number of rotatable bonds is 3. The highest BCUT2D eigenvalue weighted by Crippen LogP contribution is 2.55. The second kappa shape index (κ2) is 11.9. The quantitative estimate of drug-likeness (QED) is 0.135. The lowest BCUT2D eigenvalue weighted by Crippen LogP contribution is -2.09. The monoisotopic (exact) mass is 704 g/mol. The summed E-state index contributed by atoms with van der Waals surface area (Å²) in [6.07, 6.45) is -9.80. The standard InChI is InChI=1S/C40H16F8N4/c41-35-11-21(3-7-33(35)39(43,44)45)19-1-5-25-27-13-32-28(14-31(27)37(29(25)9-19)23(15-49)16-50)26-6-2-20(10-30(26)38(32)24(17-51)18-52)22-4-8-34(36(42)12-22)40(46,47)48/h1-14,23,37H. The number of nitrogens with zero attached hydrogens (tertiary/aromatic N) is 4. The van der Waals surface area contributed by atoms with E-state index in [4.69, 9.17) is 0 Å². The third-order valence-corrected chi connectivity index (χ3v) is 9.35. The summed E-state index contributed by atoms with van der Waals surface area (Å²) in [6.45, 7) is 0. The normalized spacial score (nSPS) is 14.0. The van der Waals surface area contributed by atoms with Gasteiger partial charge in [-0.15, -0.1) is 0 Å². The fraction of sp³-hybridized carbons (Fsp3) is 0.100. The van der Waals surface area contributed by atoms with E-state index in [0.29, 0.717) is 67.8 Å². The van der Waals surface area contributed by atoms with Crippen molar-refractivity contribution in [3.63, 3.8) is 0 Å². The van der Waals surface area contributed by atoms with Crippen LogP contribution in [-0.2, 0) is 12.4 Å². The zero-order valence-electron chi connectivity index (χ0n) is 26.1. The van der Waals surface area contributed by atoms with Gasteiger partial charge in [0.1, 0.15) is 35.3 Å². The van der Waals surface area contributed by atoms with Crippen molar-refractivity contribution in [1.82, 2.24) is 0 Å². The van der Waals surface area contributed by atoms with Gasteiger partial charge in [0, 0.05) is 11.5 Å². The van der Waals surface area contributed by atoms with Gasteiger partial charge < -0.3 is 0 Å². The summed E-state index contributed by atoms with van der Waals surface area (Å²) in [5.74, 6) is -5.04. The molecule has 0 saturated carbocycles. The van der Waals surface area contributed by atoms with Crippen molar-refractivity contribution in [3.8, 4) is 68.8 Å². The fourth-order valence-electron chi connectivity index (χ4n) is 7.05. The van der Waals surface area contributed by atoms with Crippen LogP contribution in [0.2, 0.25) is 0 Å². The number of nitriles is 4. The first-order valence-corrected chi connectivity index (χ1v) is 15.3. The van der Waals surface area contributed by atoms with Crippen LogP contribution in [0.25, 0.3) is 50.1 Å². The molecule has 5 aromatic carbocycles. The molecule has 0 heterocycles. The summed E-state index contributed by atoms with van der Waals surface area (Å²) < 4.78 is 108. The van der Waals surface area contributed by atoms with Gasteiger partial charge in [0.05, 0.1) is 23.3 Å². The van der Waals surface area contributed by atoms with E-state index in [-0.39, 0.29) is 22.3 Å². The van der Waals surface area contributed by atoms with Gasteiger partial charge in [0.25, 0.3) is 0 Å². The molecular formula is C40H16F8N4. The molecule has 0 amide bonds. The van der Waals surface area contributed by atoms with Crippen molar-refractivity contribution in [1.29, 1.82) is 21.0 Å². The Bertz CT molecular complexity index is 2560. The highest BCUT2D eigenvalue weighted by Gasteiger charge is 2.39. The molecule has 252 valence electrons. The van der Waals surface area contributed by atoms with E-state index in [2.05, 4.69) is 0 Å². The summed E-state index contributed by atoms with van der Waals surface area (Å²) in [6, 6.07) is 25.7. The lowest BCUT2D eigenvalue weighted by atomic mass is 9.84. The third kappa shape index (κ3) is 5.25. The van der Waals surface area contributed by atoms with Crippen LogP contribution in [0, 0.1) is 62.9 Å². The number of benzene rings is 5. The van der Waals surface area contributed by atoms with Crippen LogP contribution in [0.15, 0.2) is 90.5 Å². The Morgan fingerprint density at radius 2 is 0.962 bits per heavy atom.